The fourth-order valence-electron chi connectivity index (χ4n) is 4.21. The average Bonchev–Trinajstić information content (AvgIpc) is 3.40. The fourth-order valence-corrected chi connectivity index (χ4v) is 5.30. The zero-order chi connectivity index (χ0) is 27.7. The molecule has 0 fully saturated rings. The van der Waals surface area contributed by atoms with Crippen molar-refractivity contribution >= 4 is 38.1 Å². The van der Waals surface area contributed by atoms with Crippen LogP contribution in [0.25, 0.3) is 39.3 Å². The van der Waals surface area contributed by atoms with Gasteiger partial charge in [-0.2, -0.15) is 18.3 Å². The zero-order valence-corrected chi connectivity index (χ0v) is 21.4. The molecule has 0 radical (unpaired) electrons. The van der Waals surface area contributed by atoms with Crippen molar-refractivity contribution < 1.29 is 26.0 Å². The standard InChI is InChI=1S/C23H17ClF4N6O3S/c1-4-38(36,37)21-17(19-29-8-7-15(34(19)31-21)11-5-6-12(24)13(25)9-11)20-30-14-10-16(23(26,27)28)32(2)22(35)18(14)33(20)3/h5-10H,4H2,1-3H3. The summed E-state index contributed by atoms with van der Waals surface area (Å²) in [6, 6.07) is 6.17. The summed E-state index contributed by atoms with van der Waals surface area (Å²) in [5.74, 6) is -1.21. The van der Waals surface area contributed by atoms with Crippen LogP contribution >= 0.6 is 11.6 Å². The topological polar surface area (TPSA) is 104 Å². The van der Waals surface area contributed by atoms with Gasteiger partial charge >= 0.3 is 6.18 Å². The first kappa shape index (κ1) is 25.9. The third kappa shape index (κ3) is 3.86. The maximum atomic E-state index is 14.2. The van der Waals surface area contributed by atoms with E-state index in [9.17, 15) is 30.8 Å². The predicted octanol–water partition coefficient (Wildman–Crippen LogP) is 4.25. The van der Waals surface area contributed by atoms with Gasteiger partial charge in [0, 0.05) is 25.9 Å². The van der Waals surface area contributed by atoms with Crippen molar-refractivity contribution in [2.24, 2.45) is 14.1 Å². The highest BCUT2D eigenvalue weighted by molar-refractivity contribution is 7.91. The lowest BCUT2D eigenvalue weighted by atomic mass is 10.1. The van der Waals surface area contributed by atoms with E-state index in [1.807, 2.05) is 0 Å². The highest BCUT2D eigenvalue weighted by atomic mass is 35.5. The molecule has 5 aromatic rings. The van der Waals surface area contributed by atoms with E-state index in [-0.39, 0.29) is 44.5 Å². The molecule has 0 amide bonds. The number of benzene rings is 1. The number of pyridine rings is 1. The summed E-state index contributed by atoms with van der Waals surface area (Å²) in [7, 11) is -1.68. The molecule has 0 aliphatic rings. The molecule has 4 heterocycles. The van der Waals surface area contributed by atoms with Crippen LogP contribution in [0, 0.1) is 5.82 Å². The number of fused-ring (bicyclic) bond motifs is 2. The molecule has 1 aromatic carbocycles. The molecule has 9 nitrogen and oxygen atoms in total. The van der Waals surface area contributed by atoms with E-state index < -0.39 is 38.1 Å². The minimum atomic E-state index is -4.83. The van der Waals surface area contributed by atoms with Crippen molar-refractivity contribution in [3.63, 3.8) is 0 Å². The molecule has 4 aromatic heterocycles. The molecule has 0 saturated heterocycles. The lowest BCUT2D eigenvalue weighted by Gasteiger charge is -2.11. The SMILES string of the molecule is CCS(=O)(=O)c1nn2c(-c3ccc(Cl)c(F)c3)ccnc2c1-c1nc2cc(C(F)(F)F)n(C)c(=O)c2n1C. The molecule has 0 N–H and O–H groups in total. The first-order valence-corrected chi connectivity index (χ1v) is 13.0. The summed E-state index contributed by atoms with van der Waals surface area (Å²) in [6.07, 6.45) is -3.49. The summed E-state index contributed by atoms with van der Waals surface area (Å²) in [4.78, 5) is 21.4. The second kappa shape index (κ2) is 8.63. The van der Waals surface area contributed by atoms with Gasteiger partial charge in [0.05, 0.1) is 22.0 Å². The minimum Gasteiger partial charge on any atom is -0.322 e. The van der Waals surface area contributed by atoms with Gasteiger partial charge in [-0.3, -0.25) is 4.79 Å². The van der Waals surface area contributed by atoms with Crippen LogP contribution in [0.15, 0.2) is 46.3 Å². The fraction of sp³-hybridized carbons (Fsp3) is 0.217. The minimum absolute atomic E-state index is 0.0174. The second-order valence-electron chi connectivity index (χ2n) is 8.40. The van der Waals surface area contributed by atoms with Gasteiger partial charge in [0.15, 0.2) is 20.5 Å². The van der Waals surface area contributed by atoms with E-state index in [0.717, 1.165) is 19.2 Å². The first-order valence-electron chi connectivity index (χ1n) is 11.0. The molecular weight excluding hydrogens is 552 g/mol. The molecular formula is C23H17ClF4N6O3S. The van der Waals surface area contributed by atoms with Gasteiger partial charge < -0.3 is 9.13 Å². The number of imidazole rings is 1. The Kier molecular flexibility index (Phi) is 5.87. The van der Waals surface area contributed by atoms with Crippen LogP contribution in [-0.2, 0) is 30.1 Å². The van der Waals surface area contributed by atoms with Crippen LogP contribution in [0.2, 0.25) is 5.02 Å². The zero-order valence-electron chi connectivity index (χ0n) is 19.9. The van der Waals surface area contributed by atoms with E-state index in [0.29, 0.717) is 10.1 Å². The lowest BCUT2D eigenvalue weighted by Crippen LogP contribution is -2.26. The van der Waals surface area contributed by atoms with Crippen molar-refractivity contribution in [1.29, 1.82) is 0 Å². The Bertz CT molecular complexity index is 1940. The van der Waals surface area contributed by atoms with Crippen molar-refractivity contribution in [3.8, 4) is 22.6 Å². The number of halogens is 5. The number of sulfone groups is 1. The molecule has 38 heavy (non-hydrogen) atoms. The summed E-state index contributed by atoms with van der Waals surface area (Å²) in [6.45, 7) is 1.40. The second-order valence-corrected chi connectivity index (χ2v) is 11.0. The smallest absolute Gasteiger partial charge is 0.322 e. The van der Waals surface area contributed by atoms with Crippen molar-refractivity contribution in [3.05, 3.63) is 63.4 Å². The summed E-state index contributed by atoms with van der Waals surface area (Å²) < 4.78 is 83.9. The van der Waals surface area contributed by atoms with Crippen molar-refractivity contribution in [2.45, 2.75) is 18.1 Å². The third-order valence-electron chi connectivity index (χ3n) is 6.15. The normalized spacial score (nSPS) is 12.6. The predicted molar refractivity (Wildman–Crippen MR) is 131 cm³/mol. The number of hydrogen-bond acceptors (Lipinski definition) is 6. The Hall–Kier alpha value is -3.78. The summed E-state index contributed by atoms with van der Waals surface area (Å²) in [5.41, 5.74) is -2.21. The Labute approximate surface area is 216 Å². The highest BCUT2D eigenvalue weighted by Crippen LogP contribution is 2.36. The van der Waals surface area contributed by atoms with Gasteiger partial charge in [0.1, 0.15) is 28.4 Å². The monoisotopic (exact) mass is 568 g/mol. The molecule has 0 saturated carbocycles. The Morgan fingerprint density at radius 3 is 2.42 bits per heavy atom. The van der Waals surface area contributed by atoms with Crippen LogP contribution < -0.4 is 5.56 Å². The number of nitrogens with zero attached hydrogens (tertiary/aromatic N) is 6. The molecule has 0 aliphatic heterocycles. The third-order valence-corrected chi connectivity index (χ3v) is 8.10. The van der Waals surface area contributed by atoms with Crippen LogP contribution in [-0.4, -0.2) is 42.9 Å². The van der Waals surface area contributed by atoms with Crippen LogP contribution in [0.4, 0.5) is 17.6 Å². The van der Waals surface area contributed by atoms with Gasteiger partial charge in [0.2, 0.25) is 0 Å². The summed E-state index contributed by atoms with van der Waals surface area (Å²) in [5, 5.41) is 3.70. The van der Waals surface area contributed by atoms with Gasteiger partial charge in [0.25, 0.3) is 5.56 Å². The quantitative estimate of drug-likeness (QED) is 0.300. The Morgan fingerprint density at radius 1 is 1.08 bits per heavy atom. The van der Waals surface area contributed by atoms with Crippen LogP contribution in [0.1, 0.15) is 12.6 Å². The first-order chi connectivity index (χ1) is 17.8. The molecule has 0 spiro atoms. The molecule has 5 rings (SSSR count). The molecule has 0 aliphatic carbocycles. The van der Waals surface area contributed by atoms with Crippen molar-refractivity contribution in [1.82, 2.24) is 28.7 Å². The largest absolute Gasteiger partial charge is 0.431 e. The molecule has 0 bridgehead atoms. The van der Waals surface area contributed by atoms with Crippen molar-refractivity contribution in [2.75, 3.05) is 5.75 Å². The number of rotatable bonds is 4. The van der Waals surface area contributed by atoms with E-state index in [1.165, 1.54) is 47.4 Å². The average molecular weight is 569 g/mol. The van der Waals surface area contributed by atoms with Gasteiger partial charge in [-0.1, -0.05) is 24.6 Å². The van der Waals surface area contributed by atoms with Gasteiger partial charge in [-0.15, -0.1) is 0 Å². The molecule has 15 heteroatoms. The van der Waals surface area contributed by atoms with Crippen LogP contribution in [0.3, 0.4) is 0 Å². The maximum absolute atomic E-state index is 14.2. The molecule has 0 unspecified atom stereocenters. The maximum Gasteiger partial charge on any atom is 0.431 e. The highest BCUT2D eigenvalue weighted by Gasteiger charge is 2.36. The lowest BCUT2D eigenvalue weighted by molar-refractivity contribution is -0.143. The number of aryl methyl sites for hydroxylation is 1. The van der Waals surface area contributed by atoms with E-state index >= 15 is 0 Å². The molecule has 0 atom stereocenters. The number of hydrogen-bond donors (Lipinski definition) is 0. The van der Waals surface area contributed by atoms with E-state index in [1.54, 1.807) is 0 Å². The van der Waals surface area contributed by atoms with E-state index in [4.69, 9.17) is 11.6 Å². The number of aromatic nitrogens is 6. The number of alkyl halides is 3. The van der Waals surface area contributed by atoms with E-state index in [2.05, 4.69) is 15.1 Å². The van der Waals surface area contributed by atoms with Gasteiger partial charge in [-0.25, -0.2) is 27.3 Å². The van der Waals surface area contributed by atoms with Crippen LogP contribution in [0.5, 0.6) is 0 Å². The Balaban J connectivity index is 1.90. The molecule has 198 valence electrons. The van der Waals surface area contributed by atoms with Gasteiger partial charge in [-0.05, 0) is 24.3 Å². The Morgan fingerprint density at radius 2 is 1.79 bits per heavy atom. The summed E-state index contributed by atoms with van der Waals surface area (Å²) >= 11 is 5.80.